The molecule has 101 heavy (non-hydrogen) atoms. The number of azo groups is 2. The van der Waals surface area contributed by atoms with Crippen molar-refractivity contribution in [2.75, 3.05) is 140 Å². The summed E-state index contributed by atoms with van der Waals surface area (Å²) in [5.74, 6) is -3.71. The zero-order chi connectivity index (χ0) is 71.9. The maximum atomic E-state index is 13.9. The average molecular weight is 1450 g/mol. The second-order valence-electron chi connectivity index (χ2n) is 22.2. The number of ether oxygens (including phenoxy) is 2. The Hall–Kier alpha value is -10.6. The lowest BCUT2D eigenvalue weighted by molar-refractivity contribution is 0.0695. The normalized spacial score (nSPS) is 15.2. The van der Waals surface area contributed by atoms with Crippen LogP contribution in [0.3, 0.4) is 0 Å². The van der Waals surface area contributed by atoms with Gasteiger partial charge in [0.05, 0.1) is 83.0 Å². The van der Waals surface area contributed by atoms with E-state index in [9.17, 15) is 65.9 Å². The number of allylic oxidation sites excluding steroid dienone is 2. The second-order valence-corrected chi connectivity index (χ2v) is 27.0. The van der Waals surface area contributed by atoms with Crippen LogP contribution in [0.4, 0.5) is 73.9 Å². The number of nitrogens with zero attached hydrogens (tertiary/aromatic N) is 18. The largest absolute Gasteiger partial charge is 0.395 e. The molecule has 34 nitrogen and oxygen atoms in total. The van der Waals surface area contributed by atoms with Gasteiger partial charge in [-0.15, -0.1) is 20.5 Å². The Kier molecular flexibility index (Phi) is 21.9. The van der Waals surface area contributed by atoms with Crippen LogP contribution in [0, 0.1) is 22.7 Å². The Labute approximate surface area is 586 Å². The second kappa shape index (κ2) is 30.9. The summed E-state index contributed by atoms with van der Waals surface area (Å²) in [6.07, 6.45) is 2.53. The maximum Gasteiger partial charge on any atom is 0.295 e. The summed E-state index contributed by atoms with van der Waals surface area (Å²) < 4.78 is 80.5. The predicted octanol–water partition coefficient (Wildman–Crippen LogP) is 8.07. The fourth-order valence-electron chi connectivity index (χ4n) is 11.4. The minimum Gasteiger partial charge on any atom is -0.395 e. The maximum absolute atomic E-state index is 13.9. The fraction of sp³-hybridized carbons (Fsp3) is 0.317. The molecule has 4 aromatic carbocycles. The Balaban J connectivity index is 0.960. The van der Waals surface area contributed by atoms with Crippen molar-refractivity contribution < 1.29 is 64.8 Å². The molecular formula is C63H64N20O14S4. The lowest BCUT2D eigenvalue weighted by Gasteiger charge is -2.27. The Morgan fingerprint density at radius 2 is 0.960 bits per heavy atom. The van der Waals surface area contributed by atoms with E-state index in [1.165, 1.54) is 36.4 Å². The van der Waals surface area contributed by atoms with E-state index in [-0.39, 0.29) is 86.7 Å². The summed E-state index contributed by atoms with van der Waals surface area (Å²) in [5, 5.41) is 66.9. The van der Waals surface area contributed by atoms with Crippen molar-refractivity contribution >= 4 is 153 Å². The molecule has 524 valence electrons. The number of rotatable bonds is 27. The quantitative estimate of drug-likeness (QED) is 0.0123. The molecule has 4 amide bonds. The SMILES string of the molecule is CCN(CC)c1ccc(/N=N/c2nc(N3CCOCC3)c(/C=C(\C#N)N3C(=O)c4cccc(S(=O)(=O)O)c4C3=O)s2)c(Nc2nc(Nc3cc(N(CC)CC)ccc3/N=N/c3nc(N4CCOCC4)c(/C=C(\C#N)N4C(=O)c5cccc(S(=O)(=O)O)c5C4=O)s3)nc(N(CCO)CCO)n2)c1. The highest BCUT2D eigenvalue weighted by Gasteiger charge is 2.44. The van der Waals surface area contributed by atoms with Gasteiger partial charge in [0, 0.05) is 76.8 Å². The van der Waals surface area contributed by atoms with Crippen molar-refractivity contribution in [3.8, 4) is 12.1 Å². The van der Waals surface area contributed by atoms with E-state index < -0.39 is 76.2 Å². The smallest absolute Gasteiger partial charge is 0.295 e. The van der Waals surface area contributed by atoms with Gasteiger partial charge in [-0.05, 0) is 101 Å². The van der Waals surface area contributed by atoms with E-state index in [0.29, 0.717) is 112 Å². The number of benzene rings is 4. The number of morpholine rings is 2. The van der Waals surface area contributed by atoms with Crippen LogP contribution in [-0.2, 0) is 29.7 Å². The number of hydrogen-bond donors (Lipinski definition) is 6. The number of thiazole rings is 2. The fourth-order valence-corrected chi connectivity index (χ4v) is 14.5. The molecule has 7 heterocycles. The number of imide groups is 2. The number of carbonyl (C=O) groups is 4. The summed E-state index contributed by atoms with van der Waals surface area (Å²) in [6, 6.07) is 21.3. The van der Waals surface area contributed by atoms with Gasteiger partial charge in [0.2, 0.25) is 28.1 Å². The van der Waals surface area contributed by atoms with Gasteiger partial charge < -0.3 is 54.8 Å². The molecule has 0 bridgehead atoms. The summed E-state index contributed by atoms with van der Waals surface area (Å²) in [7, 11) is -9.93. The van der Waals surface area contributed by atoms with Crippen molar-refractivity contribution in [2.45, 2.75) is 37.5 Å². The lowest BCUT2D eigenvalue weighted by Crippen LogP contribution is -2.36. The first-order chi connectivity index (χ1) is 48.6. The molecule has 4 aliphatic rings. The highest BCUT2D eigenvalue weighted by molar-refractivity contribution is 7.86. The molecule has 3 aromatic heterocycles. The number of aliphatic hydroxyl groups excluding tert-OH is 2. The molecule has 4 aliphatic heterocycles. The van der Waals surface area contributed by atoms with E-state index in [2.05, 4.69) is 40.9 Å². The molecule has 0 aliphatic carbocycles. The Morgan fingerprint density at radius 1 is 0.564 bits per heavy atom. The number of anilines is 9. The third-order valence-corrected chi connectivity index (χ3v) is 19.8. The van der Waals surface area contributed by atoms with Crippen LogP contribution in [-0.4, -0.2) is 200 Å². The molecule has 0 unspecified atom stereocenters. The van der Waals surface area contributed by atoms with Crippen LogP contribution in [0.5, 0.6) is 0 Å². The standard InChI is InChI=1S/C63H64N20O14S4/c1-5-77(6-2)37-15-17-43(73-75-62-68-53(79-21-27-96-28-22-79)47(98-62)33-39(35-64)82-55(86)41-11-9-13-49(100(90,91)92)51(41)57(82)88)45(31-37)66-59-70-60(72-61(71-59)81(19-25-84)20-26-85)67-46-32-38(78(7-3)8-4)16-18-44(46)74-76-63-69-54(80-23-29-97-30-24-80)48(99-63)34-40(36-65)83-56(87)42-12-10-14-50(101(93,94)95)52(42)58(83)89/h9-18,31-34,84-85H,5-8,19-30H2,1-4H3,(H,90,91,92)(H,93,94,95)(H2,66,67,70,71,72)/b39-33+,40-34+,75-73+,76-74+. The monoisotopic (exact) mass is 1450 g/mol. The van der Waals surface area contributed by atoms with Gasteiger partial charge in [-0.25, -0.2) is 9.80 Å². The van der Waals surface area contributed by atoms with E-state index in [1.54, 1.807) is 17.0 Å². The highest BCUT2D eigenvalue weighted by Crippen LogP contribution is 2.43. The summed E-state index contributed by atoms with van der Waals surface area (Å²) in [5.41, 5.74) is -0.107. The van der Waals surface area contributed by atoms with Crippen LogP contribution >= 0.6 is 22.7 Å². The first-order valence-electron chi connectivity index (χ1n) is 31.4. The van der Waals surface area contributed by atoms with E-state index in [1.807, 2.05) is 73.9 Å². The minimum atomic E-state index is -4.97. The number of nitrogens with one attached hydrogen (secondary N) is 2. The van der Waals surface area contributed by atoms with Crippen LogP contribution < -0.4 is 35.1 Å². The van der Waals surface area contributed by atoms with Crippen LogP contribution in [0.2, 0.25) is 0 Å². The van der Waals surface area contributed by atoms with Crippen LogP contribution in [0.1, 0.15) is 78.9 Å². The third-order valence-electron chi connectivity index (χ3n) is 16.3. The molecule has 0 radical (unpaired) electrons. The summed E-state index contributed by atoms with van der Waals surface area (Å²) in [6.45, 7) is 12.4. The van der Waals surface area contributed by atoms with E-state index in [4.69, 9.17) is 34.4 Å². The van der Waals surface area contributed by atoms with Gasteiger partial charge in [0.15, 0.2) is 0 Å². The molecule has 0 spiro atoms. The molecule has 7 aromatic rings. The van der Waals surface area contributed by atoms with Crippen molar-refractivity contribution in [1.29, 1.82) is 10.5 Å². The van der Waals surface area contributed by atoms with Crippen molar-refractivity contribution in [3.63, 3.8) is 0 Å². The predicted molar refractivity (Wildman–Crippen MR) is 372 cm³/mol. The molecule has 6 N–H and O–H groups in total. The number of amides is 4. The van der Waals surface area contributed by atoms with E-state index in [0.717, 1.165) is 46.2 Å². The molecule has 0 atom stereocenters. The number of aromatic nitrogens is 5. The number of nitriles is 2. The zero-order valence-corrected chi connectivity index (χ0v) is 57.7. The number of carbonyl (C=O) groups excluding carboxylic acids is 4. The van der Waals surface area contributed by atoms with Crippen LogP contribution in [0.25, 0.3) is 12.2 Å². The van der Waals surface area contributed by atoms with Crippen molar-refractivity contribution in [3.05, 3.63) is 116 Å². The zero-order valence-electron chi connectivity index (χ0n) is 54.5. The van der Waals surface area contributed by atoms with Gasteiger partial charge in [-0.2, -0.15) is 52.3 Å². The van der Waals surface area contributed by atoms with Gasteiger partial charge >= 0.3 is 0 Å². The minimum absolute atomic E-state index is 0.0155. The summed E-state index contributed by atoms with van der Waals surface area (Å²) in [4.78, 5) is 88.8. The summed E-state index contributed by atoms with van der Waals surface area (Å²) >= 11 is 1.94. The van der Waals surface area contributed by atoms with Crippen LogP contribution in [0.15, 0.2) is 114 Å². The Bertz CT molecular complexity index is 4560. The van der Waals surface area contributed by atoms with Gasteiger partial charge in [0.25, 0.3) is 43.9 Å². The molecule has 2 saturated heterocycles. The molecule has 38 heteroatoms. The molecule has 11 rings (SSSR count). The van der Waals surface area contributed by atoms with Gasteiger partial charge in [-0.3, -0.25) is 28.3 Å². The molecule has 2 fully saturated rings. The van der Waals surface area contributed by atoms with Crippen molar-refractivity contribution in [1.82, 2.24) is 34.7 Å². The average Bonchev–Trinajstić information content (AvgIpc) is 1.60. The van der Waals surface area contributed by atoms with Gasteiger partial charge in [-0.1, -0.05) is 34.8 Å². The number of aliphatic hydroxyl groups is 2. The van der Waals surface area contributed by atoms with Gasteiger partial charge in [0.1, 0.15) is 56.3 Å². The lowest BCUT2D eigenvalue weighted by atomic mass is 10.1. The molecule has 0 saturated carbocycles. The topological polar surface area (TPSA) is 444 Å². The first kappa shape index (κ1) is 71.6. The number of fused-ring (bicyclic) bond motifs is 2. The highest BCUT2D eigenvalue weighted by atomic mass is 32.2. The number of hydrogen-bond acceptors (Lipinski definition) is 32. The van der Waals surface area contributed by atoms with Crippen molar-refractivity contribution in [2.24, 2.45) is 20.5 Å². The third kappa shape index (κ3) is 15.3. The Morgan fingerprint density at radius 3 is 1.32 bits per heavy atom. The van der Waals surface area contributed by atoms with E-state index >= 15 is 0 Å². The first-order valence-corrected chi connectivity index (χ1v) is 35.9. The molecular weight excluding hydrogens is 1390 g/mol.